The van der Waals surface area contributed by atoms with Crippen molar-refractivity contribution in [1.29, 1.82) is 0 Å². The minimum absolute atomic E-state index is 0.378. The molecule has 0 saturated heterocycles. The third kappa shape index (κ3) is 1.69. The Balaban J connectivity index is 1.97. The van der Waals surface area contributed by atoms with Crippen molar-refractivity contribution in [2.24, 2.45) is 0 Å². The number of aromatic nitrogens is 6. The maximum atomic E-state index is 12.0. The van der Waals surface area contributed by atoms with Gasteiger partial charge < -0.3 is 9.72 Å². The molecule has 21 heavy (non-hydrogen) atoms. The van der Waals surface area contributed by atoms with Crippen molar-refractivity contribution in [3.8, 4) is 17.1 Å². The molecule has 0 radical (unpaired) electrons. The fraction of sp³-hybridized carbons (Fsp3) is 0.0769. The van der Waals surface area contributed by atoms with Crippen LogP contribution in [0.2, 0.25) is 0 Å². The number of H-pyrrole nitrogens is 2. The van der Waals surface area contributed by atoms with Crippen LogP contribution in [-0.2, 0) is 0 Å². The summed E-state index contributed by atoms with van der Waals surface area (Å²) in [6.07, 6.45) is 1.50. The number of nitrogens with one attached hydrogen (secondary N) is 2. The second-order valence-electron chi connectivity index (χ2n) is 4.46. The molecule has 8 nitrogen and oxygen atoms in total. The lowest BCUT2D eigenvalue weighted by molar-refractivity contribution is 0.415. The van der Waals surface area contributed by atoms with E-state index < -0.39 is 0 Å². The van der Waals surface area contributed by atoms with Crippen molar-refractivity contribution in [3.63, 3.8) is 0 Å². The number of imidazole rings is 1. The van der Waals surface area contributed by atoms with Crippen molar-refractivity contribution in [1.82, 2.24) is 29.5 Å². The summed E-state index contributed by atoms with van der Waals surface area (Å²) in [6.45, 7) is 0. The molecule has 0 spiro atoms. The summed E-state index contributed by atoms with van der Waals surface area (Å²) in [4.78, 5) is 26.0. The van der Waals surface area contributed by atoms with Crippen LogP contribution in [0, 0.1) is 0 Å². The number of hydrogen-bond acceptors (Lipinski definition) is 5. The molecule has 2 N–H and O–H groups in total. The molecule has 104 valence electrons. The number of methoxy groups -OCH3 is 1. The van der Waals surface area contributed by atoms with Crippen LogP contribution in [-0.4, -0.2) is 36.7 Å². The Morgan fingerprint density at radius 2 is 2.05 bits per heavy atom. The van der Waals surface area contributed by atoms with Gasteiger partial charge >= 0.3 is 5.69 Å². The molecule has 0 aliphatic heterocycles. The number of rotatable bonds is 2. The predicted molar refractivity (Wildman–Crippen MR) is 75.2 cm³/mol. The molecule has 0 amide bonds. The van der Waals surface area contributed by atoms with Gasteiger partial charge in [-0.1, -0.05) is 0 Å². The van der Waals surface area contributed by atoms with Gasteiger partial charge in [0.15, 0.2) is 17.1 Å². The van der Waals surface area contributed by atoms with E-state index in [1.54, 1.807) is 7.11 Å². The van der Waals surface area contributed by atoms with Gasteiger partial charge in [-0.15, -0.1) is 5.10 Å². The predicted octanol–water partition coefficient (Wildman–Crippen LogP) is 0.969. The van der Waals surface area contributed by atoms with E-state index in [0.717, 1.165) is 11.3 Å². The molecule has 0 unspecified atom stereocenters. The zero-order valence-corrected chi connectivity index (χ0v) is 11.0. The van der Waals surface area contributed by atoms with E-state index in [9.17, 15) is 4.79 Å². The summed E-state index contributed by atoms with van der Waals surface area (Å²) in [5.41, 5.74) is 1.96. The molecule has 4 aromatic rings. The first-order valence-electron chi connectivity index (χ1n) is 6.23. The average Bonchev–Trinajstić information content (AvgIpc) is 3.13. The Morgan fingerprint density at radius 1 is 1.24 bits per heavy atom. The molecule has 0 bridgehead atoms. The van der Waals surface area contributed by atoms with Crippen LogP contribution in [0.3, 0.4) is 0 Å². The fourth-order valence-corrected chi connectivity index (χ4v) is 2.19. The summed E-state index contributed by atoms with van der Waals surface area (Å²) < 4.78 is 6.34. The minimum Gasteiger partial charge on any atom is -0.497 e. The summed E-state index contributed by atoms with van der Waals surface area (Å²) in [7, 11) is 1.60. The molecule has 1 aromatic carbocycles. The molecule has 0 atom stereocenters. The first-order valence-corrected chi connectivity index (χ1v) is 6.23. The first-order chi connectivity index (χ1) is 10.3. The van der Waals surface area contributed by atoms with E-state index in [1.165, 1.54) is 10.8 Å². The van der Waals surface area contributed by atoms with E-state index in [0.29, 0.717) is 22.6 Å². The number of hydrogen-bond donors (Lipinski definition) is 2. The molecule has 8 heteroatoms. The van der Waals surface area contributed by atoms with E-state index in [2.05, 4.69) is 25.0 Å². The molecule has 4 rings (SSSR count). The smallest absolute Gasteiger partial charge is 0.349 e. The van der Waals surface area contributed by atoms with Crippen molar-refractivity contribution in [2.75, 3.05) is 7.11 Å². The summed E-state index contributed by atoms with van der Waals surface area (Å²) >= 11 is 0. The highest BCUT2D eigenvalue weighted by Gasteiger charge is 2.13. The Bertz CT molecular complexity index is 995. The van der Waals surface area contributed by atoms with Gasteiger partial charge in [-0.3, -0.25) is 4.98 Å². The number of benzene rings is 1. The van der Waals surface area contributed by atoms with Crippen LogP contribution < -0.4 is 10.4 Å². The summed E-state index contributed by atoms with van der Waals surface area (Å²) in [5, 5.41) is 4.24. The van der Waals surface area contributed by atoms with Gasteiger partial charge in [-0.2, -0.15) is 4.52 Å². The maximum absolute atomic E-state index is 12.0. The Hall–Kier alpha value is -3.16. The van der Waals surface area contributed by atoms with Gasteiger partial charge in [0.1, 0.15) is 11.3 Å². The van der Waals surface area contributed by atoms with Crippen molar-refractivity contribution in [3.05, 3.63) is 41.1 Å². The number of nitrogens with zero attached hydrogens (tertiary/aromatic N) is 4. The van der Waals surface area contributed by atoms with Crippen LogP contribution in [0.25, 0.3) is 28.2 Å². The van der Waals surface area contributed by atoms with Gasteiger partial charge in [0.05, 0.1) is 13.4 Å². The highest BCUT2D eigenvalue weighted by Crippen LogP contribution is 2.20. The van der Waals surface area contributed by atoms with E-state index in [-0.39, 0.29) is 5.69 Å². The highest BCUT2D eigenvalue weighted by atomic mass is 16.5. The molecular formula is C13H10N6O2. The first kappa shape index (κ1) is 11.6. The molecule has 3 heterocycles. The zero-order chi connectivity index (χ0) is 14.4. The zero-order valence-electron chi connectivity index (χ0n) is 11.0. The SMILES string of the molecule is COc1ccc(-c2nc3c4[nH]cnc4[nH]c(=O)n3n2)cc1. The molecule has 0 saturated carbocycles. The van der Waals surface area contributed by atoms with Gasteiger partial charge in [0, 0.05) is 5.56 Å². The molecular weight excluding hydrogens is 272 g/mol. The lowest BCUT2D eigenvalue weighted by atomic mass is 10.2. The van der Waals surface area contributed by atoms with Gasteiger partial charge in [0.25, 0.3) is 0 Å². The second-order valence-corrected chi connectivity index (χ2v) is 4.46. The molecule has 0 aliphatic carbocycles. The number of fused-ring (bicyclic) bond motifs is 3. The quantitative estimate of drug-likeness (QED) is 0.570. The van der Waals surface area contributed by atoms with E-state index in [4.69, 9.17) is 4.74 Å². The van der Waals surface area contributed by atoms with Crippen LogP contribution in [0.4, 0.5) is 0 Å². The topological polar surface area (TPSA) is 101 Å². The van der Waals surface area contributed by atoms with Crippen molar-refractivity contribution < 1.29 is 4.74 Å². The largest absolute Gasteiger partial charge is 0.497 e. The monoisotopic (exact) mass is 282 g/mol. The van der Waals surface area contributed by atoms with Crippen molar-refractivity contribution in [2.45, 2.75) is 0 Å². The third-order valence-electron chi connectivity index (χ3n) is 3.24. The van der Waals surface area contributed by atoms with Gasteiger partial charge in [0.2, 0.25) is 0 Å². The van der Waals surface area contributed by atoms with Crippen LogP contribution in [0.1, 0.15) is 0 Å². The lowest BCUT2D eigenvalue weighted by Crippen LogP contribution is -2.17. The van der Waals surface area contributed by atoms with E-state index >= 15 is 0 Å². The van der Waals surface area contributed by atoms with Crippen LogP contribution in [0.15, 0.2) is 35.4 Å². The summed E-state index contributed by atoms with van der Waals surface area (Å²) in [5.74, 6) is 1.21. The second kappa shape index (κ2) is 4.17. The summed E-state index contributed by atoms with van der Waals surface area (Å²) in [6, 6.07) is 7.31. The number of aromatic amines is 2. The number of ether oxygens (including phenoxy) is 1. The maximum Gasteiger partial charge on any atom is 0.349 e. The lowest BCUT2D eigenvalue weighted by Gasteiger charge is -1.99. The molecule has 0 fully saturated rings. The third-order valence-corrected chi connectivity index (χ3v) is 3.24. The van der Waals surface area contributed by atoms with Crippen molar-refractivity contribution >= 4 is 16.8 Å². The Labute approximate surface area is 117 Å². The highest BCUT2D eigenvalue weighted by molar-refractivity contribution is 5.85. The average molecular weight is 282 g/mol. The standard InChI is InChI=1S/C13H10N6O2/c1-21-8-4-2-7(3-5-8)10-16-12-9-11(15-6-14-9)17-13(20)19(12)18-10/h2-6H,1H3,(H,14,15)(H,17,20). The van der Waals surface area contributed by atoms with Crippen LogP contribution >= 0.6 is 0 Å². The normalized spacial score (nSPS) is 11.3. The molecule has 0 aliphatic rings. The Morgan fingerprint density at radius 3 is 2.81 bits per heavy atom. The van der Waals surface area contributed by atoms with Gasteiger partial charge in [-0.25, -0.2) is 14.8 Å². The molecule has 3 aromatic heterocycles. The fourth-order valence-electron chi connectivity index (χ4n) is 2.19. The minimum atomic E-state index is -0.378. The van der Waals surface area contributed by atoms with E-state index in [1.807, 2.05) is 24.3 Å². The van der Waals surface area contributed by atoms with Crippen LogP contribution in [0.5, 0.6) is 5.75 Å². The Kier molecular flexibility index (Phi) is 2.31. The van der Waals surface area contributed by atoms with Gasteiger partial charge in [-0.05, 0) is 24.3 Å².